The second-order valence-corrected chi connectivity index (χ2v) is 7.54. The number of rotatable bonds is 2. The average molecular weight is 332 g/mol. The first-order chi connectivity index (χ1) is 11.4. The Hall–Kier alpha value is -1.85. The Morgan fingerprint density at radius 3 is 2.71 bits per heavy atom. The van der Waals surface area contributed by atoms with E-state index in [1.165, 1.54) is 0 Å². The molecule has 1 aromatic rings. The lowest BCUT2D eigenvalue weighted by Gasteiger charge is -2.56. The van der Waals surface area contributed by atoms with Gasteiger partial charge in [0.05, 0.1) is 11.6 Å². The van der Waals surface area contributed by atoms with Gasteiger partial charge in [-0.15, -0.1) is 0 Å². The first-order valence-corrected chi connectivity index (χ1v) is 8.99. The highest BCUT2D eigenvalue weighted by Gasteiger charge is 2.49. The number of amides is 2. The highest BCUT2D eigenvalue weighted by atomic mass is 16.2. The van der Waals surface area contributed by atoms with Gasteiger partial charge in [-0.3, -0.25) is 14.3 Å². The zero-order valence-electron chi connectivity index (χ0n) is 15.2. The van der Waals surface area contributed by atoms with Crippen LogP contribution in [0.25, 0.3) is 0 Å². The predicted octanol–water partition coefficient (Wildman–Crippen LogP) is 2.47. The predicted molar refractivity (Wildman–Crippen MR) is 91.7 cm³/mol. The monoisotopic (exact) mass is 332 g/mol. The molecule has 0 spiro atoms. The van der Waals surface area contributed by atoms with Crippen LogP contribution < -0.4 is 0 Å². The average Bonchev–Trinajstić information content (AvgIpc) is 3.02. The number of carbonyl (C=O) groups is 2. The SMILES string of the molecule is CC(=O)N1CCC[C@H]2N(C(=O)c3ccnn3C(C)C)CCC[C@@]21C. The molecule has 0 aliphatic carbocycles. The maximum Gasteiger partial charge on any atom is 0.272 e. The van der Waals surface area contributed by atoms with E-state index in [9.17, 15) is 9.59 Å². The summed E-state index contributed by atoms with van der Waals surface area (Å²) in [6.07, 6.45) is 5.50. The van der Waals surface area contributed by atoms with Crippen LogP contribution in [0.15, 0.2) is 12.3 Å². The molecule has 2 aliphatic rings. The fourth-order valence-corrected chi connectivity index (χ4v) is 4.55. The molecule has 6 heteroatoms. The quantitative estimate of drug-likeness (QED) is 0.836. The fraction of sp³-hybridized carbons (Fsp3) is 0.722. The van der Waals surface area contributed by atoms with Crippen molar-refractivity contribution in [3.8, 4) is 0 Å². The minimum atomic E-state index is -0.249. The van der Waals surface area contributed by atoms with Crippen molar-refractivity contribution in [2.75, 3.05) is 13.1 Å². The van der Waals surface area contributed by atoms with Gasteiger partial charge in [0.2, 0.25) is 5.91 Å². The van der Waals surface area contributed by atoms with Crippen molar-refractivity contribution >= 4 is 11.8 Å². The summed E-state index contributed by atoms with van der Waals surface area (Å²) in [5.74, 6) is 0.159. The molecule has 0 radical (unpaired) electrons. The summed E-state index contributed by atoms with van der Waals surface area (Å²) in [5.41, 5.74) is 0.398. The van der Waals surface area contributed by atoms with Crippen molar-refractivity contribution in [1.29, 1.82) is 0 Å². The number of hydrogen-bond donors (Lipinski definition) is 0. The second kappa shape index (κ2) is 6.22. The van der Waals surface area contributed by atoms with Crippen molar-refractivity contribution in [3.63, 3.8) is 0 Å². The normalized spacial score (nSPS) is 27.3. The molecule has 1 aromatic heterocycles. The van der Waals surface area contributed by atoms with Crippen LogP contribution >= 0.6 is 0 Å². The summed E-state index contributed by atoms with van der Waals surface area (Å²) < 4.78 is 1.79. The molecule has 3 rings (SSSR count). The van der Waals surface area contributed by atoms with E-state index in [0.717, 1.165) is 38.8 Å². The molecule has 0 N–H and O–H groups in total. The molecule has 2 fully saturated rings. The van der Waals surface area contributed by atoms with Crippen LogP contribution in [-0.4, -0.2) is 56.1 Å². The Morgan fingerprint density at radius 2 is 2.04 bits per heavy atom. The summed E-state index contributed by atoms with van der Waals surface area (Å²) in [6, 6.07) is 2.04. The Balaban J connectivity index is 1.92. The standard InChI is InChI=1S/C18H28N4O2/c1-13(2)22-15(8-10-19-22)17(24)20-11-6-9-18(4)16(20)7-5-12-21(18)14(3)23/h8,10,13,16H,5-7,9,11-12H2,1-4H3/t16-,18+/m1/s1. The van der Waals surface area contributed by atoms with Crippen molar-refractivity contribution in [3.05, 3.63) is 18.0 Å². The van der Waals surface area contributed by atoms with Gasteiger partial charge < -0.3 is 9.80 Å². The lowest BCUT2D eigenvalue weighted by atomic mass is 9.76. The number of fused-ring (bicyclic) bond motifs is 1. The highest BCUT2D eigenvalue weighted by molar-refractivity contribution is 5.93. The molecule has 2 atom stereocenters. The van der Waals surface area contributed by atoms with Crippen LogP contribution in [0, 0.1) is 0 Å². The van der Waals surface area contributed by atoms with E-state index in [4.69, 9.17) is 0 Å². The van der Waals surface area contributed by atoms with E-state index in [1.54, 1.807) is 23.9 Å². The van der Waals surface area contributed by atoms with E-state index >= 15 is 0 Å². The van der Waals surface area contributed by atoms with Crippen molar-refractivity contribution in [1.82, 2.24) is 19.6 Å². The first kappa shape index (κ1) is 17.0. The summed E-state index contributed by atoms with van der Waals surface area (Å²) in [4.78, 5) is 29.3. The topological polar surface area (TPSA) is 58.4 Å². The Bertz CT molecular complexity index is 639. The van der Waals surface area contributed by atoms with Gasteiger partial charge in [0.25, 0.3) is 5.91 Å². The van der Waals surface area contributed by atoms with E-state index in [-0.39, 0.29) is 29.4 Å². The zero-order valence-corrected chi connectivity index (χ0v) is 15.2. The highest BCUT2D eigenvalue weighted by Crippen LogP contribution is 2.39. The Morgan fingerprint density at radius 1 is 1.29 bits per heavy atom. The number of nitrogens with zero attached hydrogens (tertiary/aromatic N) is 4. The number of likely N-dealkylation sites (tertiary alicyclic amines) is 2. The molecule has 0 saturated carbocycles. The maximum atomic E-state index is 13.2. The summed E-state index contributed by atoms with van der Waals surface area (Å²) in [6.45, 7) is 9.41. The zero-order chi connectivity index (χ0) is 17.5. The van der Waals surface area contributed by atoms with Gasteiger partial charge in [-0.2, -0.15) is 5.10 Å². The first-order valence-electron chi connectivity index (χ1n) is 8.99. The third-order valence-corrected chi connectivity index (χ3v) is 5.67. The maximum absolute atomic E-state index is 13.2. The number of carbonyl (C=O) groups excluding carboxylic acids is 2. The number of hydrogen-bond acceptors (Lipinski definition) is 3. The van der Waals surface area contributed by atoms with Crippen LogP contribution in [0.3, 0.4) is 0 Å². The van der Waals surface area contributed by atoms with Gasteiger partial charge >= 0.3 is 0 Å². The van der Waals surface area contributed by atoms with Crippen LogP contribution in [0.4, 0.5) is 0 Å². The third kappa shape index (κ3) is 2.62. The molecule has 24 heavy (non-hydrogen) atoms. The van der Waals surface area contributed by atoms with Crippen molar-refractivity contribution < 1.29 is 9.59 Å². The van der Waals surface area contributed by atoms with Crippen molar-refractivity contribution in [2.45, 2.75) is 71.0 Å². The van der Waals surface area contributed by atoms with Gasteiger partial charge in [-0.1, -0.05) is 0 Å². The number of aromatic nitrogens is 2. The lowest BCUT2D eigenvalue weighted by molar-refractivity contribution is -0.143. The largest absolute Gasteiger partial charge is 0.335 e. The minimum Gasteiger partial charge on any atom is -0.335 e. The minimum absolute atomic E-state index is 0.0440. The molecule has 132 valence electrons. The van der Waals surface area contributed by atoms with E-state index in [0.29, 0.717) is 5.69 Å². The van der Waals surface area contributed by atoms with Crippen LogP contribution in [0.2, 0.25) is 0 Å². The van der Waals surface area contributed by atoms with Crippen molar-refractivity contribution in [2.24, 2.45) is 0 Å². The van der Waals surface area contributed by atoms with E-state index < -0.39 is 0 Å². The molecule has 0 bridgehead atoms. The van der Waals surface area contributed by atoms with Crippen LogP contribution in [0.5, 0.6) is 0 Å². The third-order valence-electron chi connectivity index (χ3n) is 5.67. The van der Waals surface area contributed by atoms with Gasteiger partial charge in [-0.25, -0.2) is 0 Å². The van der Waals surface area contributed by atoms with Gasteiger partial charge in [0, 0.05) is 32.3 Å². The van der Waals surface area contributed by atoms with Gasteiger partial charge in [0.15, 0.2) is 0 Å². The second-order valence-electron chi connectivity index (χ2n) is 7.54. The molecular weight excluding hydrogens is 304 g/mol. The van der Waals surface area contributed by atoms with Gasteiger partial charge in [-0.05, 0) is 52.5 Å². The molecule has 0 unspecified atom stereocenters. The molecule has 2 aliphatic heterocycles. The number of piperidine rings is 2. The molecule has 3 heterocycles. The van der Waals surface area contributed by atoms with E-state index in [2.05, 4.69) is 12.0 Å². The summed E-state index contributed by atoms with van der Waals surface area (Å²) in [5, 5.41) is 4.30. The van der Waals surface area contributed by atoms with Crippen LogP contribution in [-0.2, 0) is 4.79 Å². The molecule has 2 saturated heterocycles. The molecular formula is C18H28N4O2. The Labute approximate surface area is 143 Å². The molecule has 0 aromatic carbocycles. The smallest absolute Gasteiger partial charge is 0.272 e. The summed E-state index contributed by atoms with van der Waals surface area (Å²) >= 11 is 0. The molecule has 2 amide bonds. The lowest BCUT2D eigenvalue weighted by Crippen LogP contribution is -2.68. The summed E-state index contributed by atoms with van der Waals surface area (Å²) in [7, 11) is 0. The van der Waals surface area contributed by atoms with Crippen LogP contribution in [0.1, 0.15) is 69.9 Å². The fourth-order valence-electron chi connectivity index (χ4n) is 4.55. The Kier molecular flexibility index (Phi) is 4.40. The van der Waals surface area contributed by atoms with Gasteiger partial charge in [0.1, 0.15) is 5.69 Å². The molecule has 6 nitrogen and oxygen atoms in total. The van der Waals surface area contributed by atoms with E-state index in [1.807, 2.05) is 23.6 Å².